The van der Waals surface area contributed by atoms with Crippen molar-refractivity contribution in [3.8, 4) is 0 Å². The quantitative estimate of drug-likeness (QED) is 0.790. The monoisotopic (exact) mass is 376 g/mol. The number of thioether (sulfide) groups is 1. The standard InChI is InChI=1S/C15H15F3N2O4S/c16-15(17,18)9-2-1-3-11(4-9)20-6-10(5-13(20)22)19-12(21)7-25-8-14(23)24/h1-4,10H,5-8H2,(H,19,21)(H,23,24). The number of aliphatic carboxylic acids is 1. The van der Waals surface area contributed by atoms with Crippen LogP contribution in [0, 0.1) is 0 Å². The van der Waals surface area contributed by atoms with E-state index < -0.39 is 29.7 Å². The number of nitrogens with one attached hydrogen (secondary N) is 1. The second-order valence-corrected chi connectivity index (χ2v) is 6.39. The molecule has 0 aliphatic carbocycles. The van der Waals surface area contributed by atoms with E-state index in [4.69, 9.17) is 5.11 Å². The summed E-state index contributed by atoms with van der Waals surface area (Å²) in [5.41, 5.74) is -0.729. The minimum absolute atomic E-state index is 0.0222. The molecule has 1 aliphatic rings. The first kappa shape index (κ1) is 19.1. The highest BCUT2D eigenvalue weighted by Gasteiger charge is 2.34. The number of halogens is 3. The molecule has 1 fully saturated rings. The topological polar surface area (TPSA) is 86.7 Å². The lowest BCUT2D eigenvalue weighted by Gasteiger charge is -2.18. The van der Waals surface area contributed by atoms with E-state index >= 15 is 0 Å². The zero-order chi connectivity index (χ0) is 18.6. The summed E-state index contributed by atoms with van der Waals surface area (Å²) in [6.07, 6.45) is -4.53. The maximum absolute atomic E-state index is 12.8. The Bertz CT molecular complexity index is 681. The Labute approximate surface area is 145 Å². The molecule has 1 atom stereocenters. The van der Waals surface area contributed by atoms with Crippen LogP contribution in [0.15, 0.2) is 24.3 Å². The predicted molar refractivity (Wildman–Crippen MR) is 85.3 cm³/mol. The van der Waals surface area contributed by atoms with E-state index in [1.165, 1.54) is 17.0 Å². The normalized spacial score (nSPS) is 17.6. The molecule has 1 aromatic rings. The minimum Gasteiger partial charge on any atom is -0.481 e. The molecule has 136 valence electrons. The third kappa shape index (κ3) is 5.38. The van der Waals surface area contributed by atoms with Gasteiger partial charge in [-0.05, 0) is 18.2 Å². The fourth-order valence-electron chi connectivity index (χ4n) is 2.40. The van der Waals surface area contributed by atoms with E-state index in [0.29, 0.717) is 0 Å². The second kappa shape index (κ2) is 7.77. The van der Waals surface area contributed by atoms with Crippen LogP contribution in [-0.4, -0.2) is 47.0 Å². The van der Waals surface area contributed by atoms with Crippen molar-refractivity contribution in [3.63, 3.8) is 0 Å². The van der Waals surface area contributed by atoms with Crippen LogP contribution in [0.1, 0.15) is 12.0 Å². The minimum atomic E-state index is -4.51. The summed E-state index contributed by atoms with van der Waals surface area (Å²) < 4.78 is 38.3. The maximum Gasteiger partial charge on any atom is 0.416 e. The summed E-state index contributed by atoms with van der Waals surface area (Å²) in [4.78, 5) is 35.3. The first-order valence-electron chi connectivity index (χ1n) is 7.23. The molecule has 2 rings (SSSR count). The number of carboxylic acids is 1. The molecule has 2 amide bonds. The molecular weight excluding hydrogens is 361 g/mol. The van der Waals surface area contributed by atoms with Gasteiger partial charge in [0.25, 0.3) is 0 Å². The van der Waals surface area contributed by atoms with Crippen molar-refractivity contribution in [3.05, 3.63) is 29.8 Å². The van der Waals surface area contributed by atoms with E-state index in [9.17, 15) is 27.6 Å². The van der Waals surface area contributed by atoms with Gasteiger partial charge in [0.05, 0.1) is 23.1 Å². The maximum atomic E-state index is 12.8. The average molecular weight is 376 g/mol. The van der Waals surface area contributed by atoms with Gasteiger partial charge in [-0.3, -0.25) is 14.4 Å². The molecule has 0 aromatic heterocycles. The lowest BCUT2D eigenvalue weighted by atomic mass is 10.2. The van der Waals surface area contributed by atoms with Gasteiger partial charge < -0.3 is 15.3 Å². The number of hydrogen-bond donors (Lipinski definition) is 2. The summed E-state index contributed by atoms with van der Waals surface area (Å²) in [7, 11) is 0. The van der Waals surface area contributed by atoms with E-state index in [2.05, 4.69) is 5.32 Å². The number of anilines is 1. The van der Waals surface area contributed by atoms with Crippen molar-refractivity contribution in [1.29, 1.82) is 0 Å². The van der Waals surface area contributed by atoms with E-state index in [-0.39, 0.29) is 36.1 Å². The lowest BCUT2D eigenvalue weighted by Crippen LogP contribution is -2.38. The Hall–Kier alpha value is -2.23. The molecule has 1 unspecified atom stereocenters. The Morgan fingerprint density at radius 2 is 2.04 bits per heavy atom. The number of carbonyl (C=O) groups excluding carboxylic acids is 2. The van der Waals surface area contributed by atoms with Crippen molar-refractivity contribution in [1.82, 2.24) is 5.32 Å². The van der Waals surface area contributed by atoms with Crippen LogP contribution in [0.2, 0.25) is 0 Å². The van der Waals surface area contributed by atoms with Gasteiger partial charge in [0.15, 0.2) is 0 Å². The largest absolute Gasteiger partial charge is 0.481 e. The number of hydrogen-bond acceptors (Lipinski definition) is 4. The van der Waals surface area contributed by atoms with Crippen LogP contribution in [-0.2, 0) is 20.6 Å². The fourth-order valence-corrected chi connectivity index (χ4v) is 2.95. The SMILES string of the molecule is O=C(O)CSCC(=O)NC1CC(=O)N(c2cccc(C(F)(F)F)c2)C1. The lowest BCUT2D eigenvalue weighted by molar-refractivity contribution is -0.137. The van der Waals surface area contributed by atoms with Gasteiger partial charge in [-0.15, -0.1) is 11.8 Å². The van der Waals surface area contributed by atoms with E-state index in [1.807, 2.05) is 0 Å². The molecular formula is C15H15F3N2O4S. The molecule has 0 spiro atoms. The van der Waals surface area contributed by atoms with Crippen LogP contribution < -0.4 is 10.2 Å². The third-order valence-electron chi connectivity index (χ3n) is 3.43. The number of carboxylic acid groups (broad SMARTS) is 1. The Kier molecular flexibility index (Phi) is 5.93. The van der Waals surface area contributed by atoms with Gasteiger partial charge >= 0.3 is 12.1 Å². The van der Waals surface area contributed by atoms with Crippen molar-refractivity contribution < 1.29 is 32.7 Å². The van der Waals surface area contributed by atoms with Crippen molar-refractivity contribution in [2.45, 2.75) is 18.6 Å². The van der Waals surface area contributed by atoms with Crippen LogP contribution in [0.5, 0.6) is 0 Å². The average Bonchev–Trinajstić information content (AvgIpc) is 2.86. The zero-order valence-electron chi connectivity index (χ0n) is 12.9. The molecule has 1 aliphatic heterocycles. The number of rotatable bonds is 6. The molecule has 2 N–H and O–H groups in total. The Morgan fingerprint density at radius 1 is 1.32 bits per heavy atom. The number of benzene rings is 1. The van der Waals surface area contributed by atoms with Crippen LogP contribution in [0.4, 0.5) is 18.9 Å². The van der Waals surface area contributed by atoms with Crippen LogP contribution in [0.25, 0.3) is 0 Å². The smallest absolute Gasteiger partial charge is 0.416 e. The molecule has 6 nitrogen and oxygen atoms in total. The van der Waals surface area contributed by atoms with Gasteiger partial charge in [0.1, 0.15) is 0 Å². The summed E-state index contributed by atoms with van der Waals surface area (Å²) in [6, 6.07) is 3.91. The summed E-state index contributed by atoms with van der Waals surface area (Å²) in [6.45, 7) is 0.0650. The van der Waals surface area contributed by atoms with Gasteiger partial charge in [-0.25, -0.2) is 0 Å². The van der Waals surface area contributed by atoms with Gasteiger partial charge in [-0.2, -0.15) is 13.2 Å². The Balaban J connectivity index is 1.96. The van der Waals surface area contributed by atoms with Gasteiger partial charge in [0.2, 0.25) is 11.8 Å². The van der Waals surface area contributed by atoms with Crippen molar-refractivity contribution in [2.24, 2.45) is 0 Å². The molecule has 0 radical (unpaired) electrons. The number of carbonyl (C=O) groups is 3. The van der Waals surface area contributed by atoms with E-state index in [0.717, 1.165) is 23.9 Å². The van der Waals surface area contributed by atoms with Crippen LogP contribution >= 0.6 is 11.8 Å². The van der Waals surface area contributed by atoms with Gasteiger partial charge in [-0.1, -0.05) is 6.07 Å². The van der Waals surface area contributed by atoms with Crippen molar-refractivity contribution in [2.75, 3.05) is 23.0 Å². The predicted octanol–water partition coefficient (Wildman–Crippen LogP) is 1.74. The summed E-state index contributed by atoms with van der Waals surface area (Å²) in [5.74, 6) is -2.13. The summed E-state index contributed by atoms with van der Waals surface area (Å²) >= 11 is 0.920. The Morgan fingerprint density at radius 3 is 2.68 bits per heavy atom. The summed E-state index contributed by atoms with van der Waals surface area (Å²) in [5, 5.41) is 11.1. The second-order valence-electron chi connectivity index (χ2n) is 5.41. The molecule has 1 aromatic carbocycles. The molecule has 25 heavy (non-hydrogen) atoms. The first-order chi connectivity index (χ1) is 11.7. The van der Waals surface area contributed by atoms with E-state index in [1.54, 1.807) is 0 Å². The molecule has 10 heteroatoms. The highest BCUT2D eigenvalue weighted by molar-refractivity contribution is 8.00. The van der Waals surface area contributed by atoms with Crippen LogP contribution in [0.3, 0.4) is 0 Å². The fraction of sp³-hybridized carbons (Fsp3) is 0.400. The number of alkyl halides is 3. The third-order valence-corrected chi connectivity index (χ3v) is 4.35. The van der Waals surface area contributed by atoms with Gasteiger partial charge in [0, 0.05) is 18.7 Å². The highest BCUT2D eigenvalue weighted by atomic mass is 32.2. The number of nitrogens with zero attached hydrogens (tertiary/aromatic N) is 1. The number of amides is 2. The molecule has 0 saturated carbocycles. The molecule has 1 saturated heterocycles. The highest BCUT2D eigenvalue weighted by Crippen LogP contribution is 2.32. The molecule has 1 heterocycles. The van der Waals surface area contributed by atoms with Crippen molar-refractivity contribution >= 4 is 35.2 Å². The molecule has 0 bridgehead atoms. The first-order valence-corrected chi connectivity index (χ1v) is 8.39. The zero-order valence-corrected chi connectivity index (χ0v) is 13.7.